The quantitative estimate of drug-likeness (QED) is 0.827. The Kier molecular flexibility index (Phi) is 5.13. The molecule has 1 saturated carbocycles. The van der Waals surface area contributed by atoms with Crippen LogP contribution in [0.15, 0.2) is 0 Å². The fourth-order valence-electron chi connectivity index (χ4n) is 2.15. The topological polar surface area (TPSA) is 55.1 Å². The van der Waals surface area contributed by atoms with Crippen LogP contribution in [0, 0.1) is 5.41 Å². The van der Waals surface area contributed by atoms with E-state index in [1.165, 1.54) is 12.8 Å². The molecule has 0 spiro atoms. The first-order chi connectivity index (χ1) is 8.18. The van der Waals surface area contributed by atoms with Gasteiger partial charge in [0.25, 0.3) is 0 Å². The lowest BCUT2D eigenvalue weighted by molar-refractivity contribution is -0.133. The van der Waals surface area contributed by atoms with Crippen LogP contribution in [-0.2, 0) is 4.79 Å². The Balaban J connectivity index is 2.59. The normalized spacial score (nSPS) is 25.9. The van der Waals surface area contributed by atoms with Crippen LogP contribution in [0.1, 0.15) is 53.4 Å². The summed E-state index contributed by atoms with van der Waals surface area (Å²) in [6.07, 6.45) is 6.84. The molecule has 4 heteroatoms. The highest BCUT2D eigenvalue weighted by atomic mass is 32.2. The van der Waals surface area contributed by atoms with E-state index in [-0.39, 0.29) is 5.91 Å². The molecule has 0 saturated heterocycles. The second-order valence-corrected chi connectivity index (χ2v) is 7.68. The molecule has 1 rings (SSSR count). The lowest BCUT2D eigenvalue weighted by Gasteiger charge is -2.39. The van der Waals surface area contributed by atoms with Gasteiger partial charge < -0.3 is 11.1 Å². The minimum Gasteiger partial charge on any atom is -0.353 e. The Bertz CT molecular complexity index is 297. The Labute approximate surface area is 116 Å². The van der Waals surface area contributed by atoms with Gasteiger partial charge in [-0.2, -0.15) is 11.8 Å². The largest absolute Gasteiger partial charge is 0.353 e. The maximum atomic E-state index is 12.4. The highest BCUT2D eigenvalue weighted by Crippen LogP contribution is 2.31. The first kappa shape index (κ1) is 15.8. The molecular formula is C14H28N2OS. The van der Waals surface area contributed by atoms with E-state index in [1.54, 1.807) is 0 Å². The van der Waals surface area contributed by atoms with E-state index in [2.05, 4.69) is 11.6 Å². The summed E-state index contributed by atoms with van der Waals surface area (Å²) in [5.74, 6) is 0.0850. The van der Waals surface area contributed by atoms with Gasteiger partial charge in [0.15, 0.2) is 0 Å². The summed E-state index contributed by atoms with van der Waals surface area (Å²) in [6, 6.07) is 0.324. The zero-order valence-electron chi connectivity index (χ0n) is 12.4. The van der Waals surface area contributed by atoms with Crippen molar-refractivity contribution in [2.75, 3.05) is 6.26 Å². The second kappa shape index (κ2) is 5.83. The summed E-state index contributed by atoms with van der Waals surface area (Å²) in [7, 11) is 0. The predicted molar refractivity (Wildman–Crippen MR) is 79.7 cm³/mol. The van der Waals surface area contributed by atoms with Gasteiger partial charge in [-0.15, -0.1) is 0 Å². The summed E-state index contributed by atoms with van der Waals surface area (Å²) in [6.45, 7) is 7.69. The molecule has 3 nitrogen and oxygen atoms in total. The Morgan fingerprint density at radius 2 is 1.89 bits per heavy atom. The number of rotatable bonds is 4. The van der Waals surface area contributed by atoms with Crippen molar-refractivity contribution in [2.24, 2.45) is 11.1 Å². The van der Waals surface area contributed by atoms with Crippen molar-refractivity contribution in [2.45, 2.75) is 70.2 Å². The molecule has 2 unspecified atom stereocenters. The number of hydrogen-bond acceptors (Lipinski definition) is 3. The molecule has 0 heterocycles. The van der Waals surface area contributed by atoms with Crippen LogP contribution in [0.3, 0.4) is 0 Å². The van der Waals surface area contributed by atoms with E-state index in [0.29, 0.717) is 11.3 Å². The first-order valence-corrected chi connectivity index (χ1v) is 8.10. The minimum absolute atomic E-state index is 0.0850. The van der Waals surface area contributed by atoms with Crippen LogP contribution in [0.25, 0.3) is 0 Å². The average molecular weight is 272 g/mol. The summed E-state index contributed by atoms with van der Waals surface area (Å²) >= 11 is 1.91. The molecule has 106 valence electrons. The number of thioether (sulfide) groups is 1. The van der Waals surface area contributed by atoms with Crippen molar-refractivity contribution >= 4 is 17.7 Å². The number of hydrogen-bond donors (Lipinski definition) is 2. The first-order valence-electron chi connectivity index (χ1n) is 6.81. The van der Waals surface area contributed by atoms with Crippen molar-refractivity contribution in [3.05, 3.63) is 0 Å². The van der Waals surface area contributed by atoms with Gasteiger partial charge in [-0.25, -0.2) is 0 Å². The Hall–Kier alpha value is -0.220. The molecule has 0 aromatic heterocycles. The van der Waals surface area contributed by atoms with E-state index in [4.69, 9.17) is 5.73 Å². The van der Waals surface area contributed by atoms with Gasteiger partial charge >= 0.3 is 0 Å². The van der Waals surface area contributed by atoms with Crippen LogP contribution in [0.5, 0.6) is 0 Å². The molecular weight excluding hydrogens is 244 g/mol. The summed E-state index contributed by atoms with van der Waals surface area (Å²) in [4.78, 5) is 12.4. The molecule has 0 aliphatic heterocycles. The molecule has 1 aliphatic rings. The molecule has 1 fully saturated rings. The fourth-order valence-corrected chi connectivity index (χ4v) is 2.98. The molecule has 3 N–H and O–H groups in total. The monoisotopic (exact) mass is 272 g/mol. The summed E-state index contributed by atoms with van der Waals surface area (Å²) in [5, 5.41) is 3.89. The van der Waals surface area contributed by atoms with Crippen molar-refractivity contribution in [1.29, 1.82) is 0 Å². The number of carbonyl (C=O) groups excluding carboxylic acids is 1. The fraction of sp³-hybridized carbons (Fsp3) is 0.929. The predicted octanol–water partition coefficient (Wildman–Crippen LogP) is 2.54. The number of carbonyl (C=O) groups is 1. The third kappa shape index (κ3) is 3.64. The number of amides is 1. The van der Waals surface area contributed by atoms with Gasteiger partial charge in [-0.05, 0) is 53.2 Å². The van der Waals surface area contributed by atoms with Crippen molar-refractivity contribution in [3.8, 4) is 0 Å². The third-order valence-corrected chi connectivity index (χ3v) is 5.57. The van der Waals surface area contributed by atoms with Gasteiger partial charge in [0, 0.05) is 16.8 Å². The van der Waals surface area contributed by atoms with Gasteiger partial charge in [0.05, 0.1) is 5.41 Å². The van der Waals surface area contributed by atoms with Crippen molar-refractivity contribution < 1.29 is 4.79 Å². The van der Waals surface area contributed by atoms with Crippen LogP contribution < -0.4 is 11.1 Å². The highest BCUT2D eigenvalue weighted by molar-refractivity contribution is 7.99. The van der Waals surface area contributed by atoms with Crippen LogP contribution in [0.2, 0.25) is 0 Å². The smallest absolute Gasteiger partial charge is 0.227 e. The Morgan fingerprint density at radius 1 is 1.28 bits per heavy atom. The molecule has 18 heavy (non-hydrogen) atoms. The zero-order valence-corrected chi connectivity index (χ0v) is 13.2. The lowest BCUT2D eigenvalue weighted by atomic mass is 9.74. The van der Waals surface area contributed by atoms with Gasteiger partial charge in [0.2, 0.25) is 5.91 Å². The molecule has 0 aromatic rings. The maximum Gasteiger partial charge on any atom is 0.227 e. The van der Waals surface area contributed by atoms with E-state index < -0.39 is 11.0 Å². The molecule has 0 radical (unpaired) electrons. The van der Waals surface area contributed by atoms with Gasteiger partial charge in [0.1, 0.15) is 0 Å². The van der Waals surface area contributed by atoms with Crippen molar-refractivity contribution in [3.63, 3.8) is 0 Å². The van der Waals surface area contributed by atoms with Gasteiger partial charge in [-0.3, -0.25) is 4.79 Å². The zero-order chi connectivity index (χ0) is 14.0. The maximum absolute atomic E-state index is 12.4. The van der Waals surface area contributed by atoms with Crippen molar-refractivity contribution in [1.82, 2.24) is 5.32 Å². The standard InChI is InChI=1S/C14H28N2OS/c1-13(2,14(3,4)15)12(17)16-10-7-6-8-11(9-10)18-5/h10-11H,6-9,15H2,1-5H3,(H,16,17). The molecule has 1 aliphatic carbocycles. The molecule has 1 amide bonds. The second-order valence-electron chi connectivity index (χ2n) is 6.54. The van der Waals surface area contributed by atoms with E-state index in [9.17, 15) is 4.79 Å². The molecule has 0 aromatic carbocycles. The van der Waals surface area contributed by atoms with E-state index in [1.807, 2.05) is 39.5 Å². The minimum atomic E-state index is -0.542. The molecule has 0 bridgehead atoms. The highest BCUT2D eigenvalue weighted by Gasteiger charge is 2.41. The van der Waals surface area contributed by atoms with E-state index in [0.717, 1.165) is 12.8 Å². The summed E-state index contributed by atoms with van der Waals surface area (Å²) < 4.78 is 0. The third-order valence-electron chi connectivity index (χ3n) is 4.47. The SMILES string of the molecule is CSC1CCCC(NC(=O)C(C)(C)C(C)(C)N)C1. The van der Waals surface area contributed by atoms with Gasteiger partial charge in [-0.1, -0.05) is 6.42 Å². The van der Waals surface area contributed by atoms with E-state index >= 15 is 0 Å². The Morgan fingerprint density at radius 3 is 2.39 bits per heavy atom. The van der Waals surface area contributed by atoms with Crippen LogP contribution >= 0.6 is 11.8 Å². The average Bonchev–Trinajstić information content (AvgIpc) is 2.27. The molecule has 2 atom stereocenters. The van der Waals surface area contributed by atoms with Crippen LogP contribution in [0.4, 0.5) is 0 Å². The summed E-state index contributed by atoms with van der Waals surface area (Å²) in [5.41, 5.74) is 5.06. The van der Waals surface area contributed by atoms with Crippen LogP contribution in [-0.4, -0.2) is 29.0 Å². The number of nitrogens with two attached hydrogens (primary N) is 1. The lowest BCUT2D eigenvalue weighted by Crippen LogP contribution is -2.57. The number of nitrogens with one attached hydrogen (secondary N) is 1.